The highest BCUT2D eigenvalue weighted by atomic mass is 19.1. The van der Waals surface area contributed by atoms with Crippen LogP contribution in [0.15, 0.2) is 54.1 Å². The van der Waals surface area contributed by atoms with Crippen molar-refractivity contribution in [1.29, 1.82) is 0 Å². The summed E-state index contributed by atoms with van der Waals surface area (Å²) in [5.74, 6) is -3.91. The molecule has 26 heavy (non-hydrogen) atoms. The first-order valence-corrected chi connectivity index (χ1v) is 7.80. The van der Waals surface area contributed by atoms with E-state index in [1.165, 1.54) is 62.6 Å². The highest BCUT2D eigenvalue weighted by molar-refractivity contribution is 6.07. The smallest absolute Gasteiger partial charge is 0.341 e. The molecule has 0 aliphatic carbocycles. The van der Waals surface area contributed by atoms with Gasteiger partial charge in [-0.05, 0) is 29.8 Å². The van der Waals surface area contributed by atoms with E-state index < -0.39 is 23.4 Å². The summed E-state index contributed by atoms with van der Waals surface area (Å²) in [6.07, 6.45) is 2.91. The van der Waals surface area contributed by atoms with Crippen LogP contribution in [-0.2, 0) is 9.53 Å². The maximum atomic E-state index is 14.1. The second-order valence-corrected chi connectivity index (χ2v) is 5.87. The van der Waals surface area contributed by atoms with Crippen LogP contribution in [-0.4, -0.2) is 24.0 Å². The lowest BCUT2D eigenvalue weighted by molar-refractivity contribution is -0.170. The van der Waals surface area contributed by atoms with Crippen LogP contribution in [0.2, 0.25) is 0 Å². The van der Waals surface area contributed by atoms with Crippen LogP contribution in [0.4, 0.5) is 8.78 Å². The predicted octanol–water partition coefficient (Wildman–Crippen LogP) is 3.71. The number of halogens is 2. The standard InChI is InChI=1S/C20H16F2O4/c1-20(24)17(14-7-4-8-16(22)18(14)25-2)15(19(23)26-20)10-9-12-5-3-6-13(21)11-12/h3-11,24H,1-2H3/b10-9+. The van der Waals surface area contributed by atoms with Gasteiger partial charge in [0, 0.05) is 18.1 Å². The Bertz CT molecular complexity index is 929. The second kappa shape index (κ2) is 6.72. The monoisotopic (exact) mass is 358 g/mol. The molecule has 2 aromatic carbocycles. The Morgan fingerprint density at radius 2 is 1.88 bits per heavy atom. The number of hydrogen-bond acceptors (Lipinski definition) is 4. The van der Waals surface area contributed by atoms with Crippen LogP contribution in [0, 0.1) is 11.6 Å². The molecule has 6 heteroatoms. The van der Waals surface area contributed by atoms with Gasteiger partial charge in [0.2, 0.25) is 5.79 Å². The average molecular weight is 358 g/mol. The molecule has 1 atom stereocenters. The molecule has 4 nitrogen and oxygen atoms in total. The normalized spacial score (nSPS) is 20.0. The second-order valence-electron chi connectivity index (χ2n) is 5.87. The van der Waals surface area contributed by atoms with Gasteiger partial charge >= 0.3 is 5.97 Å². The van der Waals surface area contributed by atoms with E-state index in [9.17, 15) is 18.7 Å². The van der Waals surface area contributed by atoms with E-state index in [4.69, 9.17) is 9.47 Å². The molecule has 0 amide bonds. The minimum atomic E-state index is -1.96. The minimum Gasteiger partial charge on any atom is -0.493 e. The van der Waals surface area contributed by atoms with E-state index in [1.54, 1.807) is 6.07 Å². The molecular formula is C20H16F2O4. The van der Waals surface area contributed by atoms with Gasteiger partial charge in [0.1, 0.15) is 5.82 Å². The lowest BCUT2D eigenvalue weighted by atomic mass is 9.94. The van der Waals surface area contributed by atoms with Gasteiger partial charge in [0.15, 0.2) is 11.6 Å². The van der Waals surface area contributed by atoms with Gasteiger partial charge in [-0.15, -0.1) is 0 Å². The molecule has 0 saturated heterocycles. The number of esters is 1. The summed E-state index contributed by atoms with van der Waals surface area (Å²) in [4.78, 5) is 12.2. The quantitative estimate of drug-likeness (QED) is 0.847. The molecule has 0 saturated carbocycles. The average Bonchev–Trinajstić information content (AvgIpc) is 2.80. The summed E-state index contributed by atoms with van der Waals surface area (Å²) >= 11 is 0. The van der Waals surface area contributed by atoms with Gasteiger partial charge in [-0.25, -0.2) is 13.6 Å². The Labute approximate surface area is 149 Å². The largest absolute Gasteiger partial charge is 0.493 e. The molecule has 1 unspecified atom stereocenters. The summed E-state index contributed by atoms with van der Waals surface area (Å²) in [5.41, 5.74) is 0.819. The predicted molar refractivity (Wildman–Crippen MR) is 92.0 cm³/mol. The number of benzene rings is 2. The number of carbonyl (C=O) groups excluding carboxylic acids is 1. The van der Waals surface area contributed by atoms with Crippen molar-refractivity contribution in [3.8, 4) is 5.75 Å². The number of rotatable bonds is 4. The number of aliphatic hydroxyl groups is 1. The molecule has 134 valence electrons. The number of ether oxygens (including phenoxy) is 2. The zero-order valence-corrected chi connectivity index (χ0v) is 14.1. The van der Waals surface area contributed by atoms with Crippen LogP contribution in [0.5, 0.6) is 5.75 Å². The maximum absolute atomic E-state index is 14.1. The van der Waals surface area contributed by atoms with E-state index in [1.807, 2.05) is 0 Å². The van der Waals surface area contributed by atoms with E-state index in [0.29, 0.717) is 5.56 Å². The summed E-state index contributed by atoms with van der Waals surface area (Å²) < 4.78 is 37.5. The molecule has 0 spiro atoms. The van der Waals surface area contributed by atoms with Gasteiger partial charge < -0.3 is 14.6 Å². The summed E-state index contributed by atoms with van der Waals surface area (Å²) in [7, 11) is 1.29. The van der Waals surface area contributed by atoms with Crippen molar-refractivity contribution in [3.05, 3.63) is 76.9 Å². The molecular weight excluding hydrogens is 342 g/mol. The lowest BCUT2D eigenvalue weighted by Gasteiger charge is -2.21. The number of para-hydroxylation sites is 1. The fourth-order valence-electron chi connectivity index (χ4n) is 2.89. The van der Waals surface area contributed by atoms with Crippen LogP contribution in [0.3, 0.4) is 0 Å². The Kier molecular flexibility index (Phi) is 4.61. The van der Waals surface area contributed by atoms with E-state index >= 15 is 0 Å². The van der Waals surface area contributed by atoms with Crippen LogP contribution in [0.25, 0.3) is 11.6 Å². The van der Waals surface area contributed by atoms with Crippen LogP contribution < -0.4 is 4.74 Å². The molecule has 1 N–H and O–H groups in total. The molecule has 3 rings (SSSR count). The van der Waals surface area contributed by atoms with Crippen molar-refractivity contribution >= 4 is 17.6 Å². The molecule has 0 bridgehead atoms. The van der Waals surface area contributed by atoms with Gasteiger partial charge in [-0.1, -0.05) is 30.3 Å². The molecule has 0 fully saturated rings. The van der Waals surface area contributed by atoms with E-state index in [-0.39, 0.29) is 22.5 Å². The molecule has 1 aliphatic heterocycles. The third-order valence-electron chi connectivity index (χ3n) is 3.98. The summed E-state index contributed by atoms with van der Waals surface area (Å²) in [6.45, 7) is 1.29. The third kappa shape index (κ3) is 3.23. The molecule has 2 aromatic rings. The molecule has 0 aromatic heterocycles. The number of carbonyl (C=O) groups is 1. The SMILES string of the molecule is COc1c(F)cccc1C1=C(/C=C/c2cccc(F)c2)C(=O)OC1(C)O. The topological polar surface area (TPSA) is 55.8 Å². The Balaban J connectivity index is 2.16. The number of cyclic esters (lactones) is 1. The fourth-order valence-corrected chi connectivity index (χ4v) is 2.89. The molecule has 1 aliphatic rings. The Hall–Kier alpha value is -2.99. The van der Waals surface area contributed by atoms with Gasteiger partial charge in [0.05, 0.1) is 12.7 Å². The van der Waals surface area contributed by atoms with E-state index in [2.05, 4.69) is 0 Å². The van der Waals surface area contributed by atoms with Crippen LogP contribution >= 0.6 is 0 Å². The molecule has 1 heterocycles. The zero-order chi connectivity index (χ0) is 18.9. The summed E-state index contributed by atoms with van der Waals surface area (Å²) in [6, 6.07) is 9.93. The fraction of sp³-hybridized carbons (Fsp3) is 0.150. The first-order chi connectivity index (χ1) is 12.3. The third-order valence-corrected chi connectivity index (χ3v) is 3.98. The highest BCUT2D eigenvalue weighted by Crippen LogP contribution is 2.42. The Morgan fingerprint density at radius 3 is 2.58 bits per heavy atom. The first-order valence-electron chi connectivity index (χ1n) is 7.80. The van der Waals surface area contributed by atoms with Gasteiger partial charge in [-0.2, -0.15) is 0 Å². The lowest BCUT2D eigenvalue weighted by Crippen LogP contribution is -2.26. The highest BCUT2D eigenvalue weighted by Gasteiger charge is 2.43. The van der Waals surface area contributed by atoms with Gasteiger partial charge in [-0.3, -0.25) is 0 Å². The Morgan fingerprint density at radius 1 is 1.15 bits per heavy atom. The molecule has 0 radical (unpaired) electrons. The van der Waals surface area contributed by atoms with Crippen molar-refractivity contribution in [2.24, 2.45) is 0 Å². The first kappa shape index (κ1) is 17.8. The van der Waals surface area contributed by atoms with Crippen molar-refractivity contribution < 1.29 is 28.2 Å². The number of methoxy groups -OCH3 is 1. The van der Waals surface area contributed by atoms with Crippen LogP contribution in [0.1, 0.15) is 18.1 Å². The zero-order valence-electron chi connectivity index (χ0n) is 14.1. The van der Waals surface area contributed by atoms with Crippen molar-refractivity contribution in [1.82, 2.24) is 0 Å². The van der Waals surface area contributed by atoms with Crippen molar-refractivity contribution in [2.45, 2.75) is 12.7 Å². The summed E-state index contributed by atoms with van der Waals surface area (Å²) in [5, 5.41) is 10.5. The van der Waals surface area contributed by atoms with Crippen molar-refractivity contribution in [3.63, 3.8) is 0 Å². The van der Waals surface area contributed by atoms with Crippen molar-refractivity contribution in [2.75, 3.05) is 7.11 Å². The minimum absolute atomic E-state index is 0.0307. The van der Waals surface area contributed by atoms with E-state index in [0.717, 1.165) is 0 Å². The van der Waals surface area contributed by atoms with Gasteiger partial charge in [0.25, 0.3) is 0 Å². The maximum Gasteiger partial charge on any atom is 0.341 e. The number of hydrogen-bond donors (Lipinski definition) is 1.